The summed E-state index contributed by atoms with van der Waals surface area (Å²) in [6.45, 7) is 3.58. The lowest BCUT2D eigenvalue weighted by atomic mass is 10.1. The average Bonchev–Trinajstić information content (AvgIpc) is 2.66. The first-order chi connectivity index (χ1) is 12.6. The van der Waals surface area contributed by atoms with Crippen LogP contribution in [0.25, 0.3) is 0 Å². The van der Waals surface area contributed by atoms with E-state index in [-0.39, 0.29) is 16.8 Å². The van der Waals surface area contributed by atoms with Crippen molar-refractivity contribution in [2.45, 2.75) is 30.9 Å². The maximum absolute atomic E-state index is 12.7. The van der Waals surface area contributed by atoms with Gasteiger partial charge in [0, 0.05) is 13.3 Å². The summed E-state index contributed by atoms with van der Waals surface area (Å²) in [5.41, 5.74) is 0.842. The second-order valence-electron chi connectivity index (χ2n) is 6.40. The van der Waals surface area contributed by atoms with Crippen LogP contribution in [0.3, 0.4) is 0 Å². The number of benzene rings is 2. The lowest BCUT2D eigenvalue weighted by Gasteiger charge is -2.28. The van der Waals surface area contributed by atoms with Gasteiger partial charge in [0.05, 0.1) is 18.0 Å². The summed E-state index contributed by atoms with van der Waals surface area (Å²) >= 11 is 0. The molecule has 6 nitrogen and oxygen atoms in total. The van der Waals surface area contributed by atoms with E-state index in [2.05, 4.69) is 0 Å². The zero-order valence-corrected chi connectivity index (χ0v) is 17.0. The predicted molar refractivity (Wildman–Crippen MR) is 104 cm³/mol. The van der Waals surface area contributed by atoms with Crippen molar-refractivity contribution in [2.75, 3.05) is 20.4 Å². The minimum absolute atomic E-state index is 0.175. The second-order valence-corrected chi connectivity index (χ2v) is 8.42. The Morgan fingerprint density at radius 3 is 1.96 bits per heavy atom. The molecule has 146 valence electrons. The van der Waals surface area contributed by atoms with Gasteiger partial charge in [-0.15, -0.1) is 0 Å². The van der Waals surface area contributed by atoms with Gasteiger partial charge in [-0.1, -0.05) is 12.1 Å². The Bertz CT molecular complexity index is 876. The van der Waals surface area contributed by atoms with E-state index in [1.54, 1.807) is 74.5 Å². The lowest BCUT2D eigenvalue weighted by Crippen LogP contribution is -2.39. The standard InChI is InChI=1S/C20H25NO5S/c1-14(16-6-12-19(13-7-16)27(5,23)24)21(3)20(22)15(2)26-18-10-8-17(25-4)9-11-18/h6-15H,1-5H3. The number of carbonyl (C=O) groups is 1. The second kappa shape index (κ2) is 8.43. The molecule has 2 unspecified atom stereocenters. The van der Waals surface area contributed by atoms with Crippen molar-refractivity contribution in [1.82, 2.24) is 4.90 Å². The molecule has 0 saturated heterocycles. The fraction of sp³-hybridized carbons (Fsp3) is 0.350. The van der Waals surface area contributed by atoms with Crippen LogP contribution in [0.15, 0.2) is 53.4 Å². The van der Waals surface area contributed by atoms with E-state index in [0.717, 1.165) is 5.56 Å². The Morgan fingerprint density at radius 1 is 0.963 bits per heavy atom. The van der Waals surface area contributed by atoms with Gasteiger partial charge in [0.25, 0.3) is 5.91 Å². The molecule has 2 aromatic rings. The number of sulfone groups is 1. The predicted octanol–water partition coefficient (Wildman–Crippen LogP) is 3.09. The molecule has 27 heavy (non-hydrogen) atoms. The van der Waals surface area contributed by atoms with Crippen molar-refractivity contribution in [3.05, 3.63) is 54.1 Å². The molecule has 0 aliphatic carbocycles. The maximum atomic E-state index is 12.7. The Labute approximate surface area is 160 Å². The highest BCUT2D eigenvalue weighted by molar-refractivity contribution is 7.90. The van der Waals surface area contributed by atoms with E-state index in [0.29, 0.717) is 11.5 Å². The largest absolute Gasteiger partial charge is 0.497 e. The molecule has 0 bridgehead atoms. The first kappa shape index (κ1) is 20.8. The molecule has 0 heterocycles. The SMILES string of the molecule is COc1ccc(OC(C)C(=O)N(C)C(C)c2ccc(S(C)(=O)=O)cc2)cc1. The highest BCUT2D eigenvalue weighted by Gasteiger charge is 2.24. The van der Waals surface area contributed by atoms with Crippen molar-refractivity contribution in [3.8, 4) is 11.5 Å². The van der Waals surface area contributed by atoms with Crippen LogP contribution in [0.4, 0.5) is 0 Å². The van der Waals surface area contributed by atoms with Crippen LogP contribution < -0.4 is 9.47 Å². The van der Waals surface area contributed by atoms with E-state index in [4.69, 9.17) is 9.47 Å². The first-order valence-electron chi connectivity index (χ1n) is 8.51. The Hall–Kier alpha value is -2.54. The normalized spacial score (nSPS) is 13.5. The van der Waals surface area contributed by atoms with Gasteiger partial charge < -0.3 is 14.4 Å². The molecule has 0 aliphatic heterocycles. The summed E-state index contributed by atoms with van der Waals surface area (Å²) in [6, 6.07) is 13.3. The zero-order chi connectivity index (χ0) is 20.2. The number of methoxy groups -OCH3 is 1. The van der Waals surface area contributed by atoms with E-state index in [1.807, 2.05) is 6.92 Å². The summed E-state index contributed by atoms with van der Waals surface area (Å²) in [7, 11) is 0.0395. The molecule has 0 aromatic heterocycles. The first-order valence-corrected chi connectivity index (χ1v) is 10.4. The van der Waals surface area contributed by atoms with E-state index in [9.17, 15) is 13.2 Å². The number of ether oxygens (including phenoxy) is 2. The number of rotatable bonds is 7. The highest BCUT2D eigenvalue weighted by Crippen LogP contribution is 2.23. The summed E-state index contributed by atoms with van der Waals surface area (Å²) in [6.07, 6.45) is 0.500. The van der Waals surface area contributed by atoms with Crippen molar-refractivity contribution in [1.29, 1.82) is 0 Å². The molecule has 0 N–H and O–H groups in total. The van der Waals surface area contributed by atoms with Crippen molar-refractivity contribution >= 4 is 15.7 Å². The van der Waals surface area contributed by atoms with Gasteiger partial charge in [0.1, 0.15) is 11.5 Å². The van der Waals surface area contributed by atoms with Gasteiger partial charge in [-0.3, -0.25) is 4.79 Å². The molecular formula is C20H25NO5S. The van der Waals surface area contributed by atoms with Gasteiger partial charge >= 0.3 is 0 Å². The molecule has 2 aromatic carbocycles. The van der Waals surface area contributed by atoms with Crippen LogP contribution in [0, 0.1) is 0 Å². The molecule has 2 atom stereocenters. The zero-order valence-electron chi connectivity index (χ0n) is 16.2. The number of hydrogen-bond acceptors (Lipinski definition) is 5. The molecular weight excluding hydrogens is 366 g/mol. The molecule has 0 saturated carbocycles. The maximum Gasteiger partial charge on any atom is 0.263 e. The molecule has 0 aliphatic rings. The van der Waals surface area contributed by atoms with E-state index in [1.165, 1.54) is 6.26 Å². The number of carbonyl (C=O) groups excluding carboxylic acids is 1. The third-order valence-corrected chi connectivity index (χ3v) is 5.57. The molecule has 7 heteroatoms. The Kier molecular flexibility index (Phi) is 6.49. The molecule has 0 fully saturated rings. The average molecular weight is 391 g/mol. The molecule has 0 spiro atoms. The van der Waals surface area contributed by atoms with Crippen LogP contribution >= 0.6 is 0 Å². The van der Waals surface area contributed by atoms with Crippen LogP contribution in [0.1, 0.15) is 25.5 Å². The molecule has 2 rings (SSSR count). The molecule has 0 radical (unpaired) electrons. The topological polar surface area (TPSA) is 72.9 Å². The summed E-state index contributed by atoms with van der Waals surface area (Å²) in [4.78, 5) is 14.5. The van der Waals surface area contributed by atoms with Gasteiger partial charge in [-0.05, 0) is 55.8 Å². The minimum Gasteiger partial charge on any atom is -0.497 e. The summed E-state index contributed by atoms with van der Waals surface area (Å²) in [5.74, 6) is 1.12. The van der Waals surface area contributed by atoms with Gasteiger partial charge in [0.2, 0.25) is 0 Å². The summed E-state index contributed by atoms with van der Waals surface area (Å²) < 4.78 is 34.0. The monoisotopic (exact) mass is 391 g/mol. The number of amides is 1. The van der Waals surface area contributed by atoms with Crippen LogP contribution in [-0.4, -0.2) is 45.7 Å². The Balaban J connectivity index is 2.05. The Morgan fingerprint density at radius 2 is 1.48 bits per heavy atom. The minimum atomic E-state index is -3.24. The lowest BCUT2D eigenvalue weighted by molar-refractivity contribution is -0.138. The van der Waals surface area contributed by atoms with Crippen molar-refractivity contribution < 1.29 is 22.7 Å². The van der Waals surface area contributed by atoms with E-state index >= 15 is 0 Å². The van der Waals surface area contributed by atoms with Crippen LogP contribution in [-0.2, 0) is 14.6 Å². The number of nitrogens with zero attached hydrogens (tertiary/aromatic N) is 1. The van der Waals surface area contributed by atoms with Gasteiger partial charge in [-0.25, -0.2) is 8.42 Å². The van der Waals surface area contributed by atoms with Crippen molar-refractivity contribution in [2.24, 2.45) is 0 Å². The fourth-order valence-electron chi connectivity index (χ4n) is 2.60. The molecule has 1 amide bonds. The summed E-state index contributed by atoms with van der Waals surface area (Å²) in [5, 5.41) is 0. The van der Waals surface area contributed by atoms with Crippen LogP contribution in [0.5, 0.6) is 11.5 Å². The van der Waals surface area contributed by atoms with Gasteiger partial charge in [0.15, 0.2) is 15.9 Å². The fourth-order valence-corrected chi connectivity index (χ4v) is 3.23. The van der Waals surface area contributed by atoms with Crippen molar-refractivity contribution in [3.63, 3.8) is 0 Å². The third-order valence-electron chi connectivity index (χ3n) is 4.44. The van der Waals surface area contributed by atoms with Crippen LogP contribution in [0.2, 0.25) is 0 Å². The third kappa shape index (κ3) is 5.23. The smallest absolute Gasteiger partial charge is 0.263 e. The van der Waals surface area contributed by atoms with E-state index < -0.39 is 15.9 Å². The number of likely N-dealkylation sites (N-methyl/N-ethyl adjacent to an activating group) is 1. The quantitative estimate of drug-likeness (QED) is 0.725. The van der Waals surface area contributed by atoms with Gasteiger partial charge in [-0.2, -0.15) is 0 Å². The number of hydrogen-bond donors (Lipinski definition) is 0. The highest BCUT2D eigenvalue weighted by atomic mass is 32.2.